The molecule has 0 N–H and O–H groups in total. The quantitative estimate of drug-likeness (QED) is 0.106. The summed E-state index contributed by atoms with van der Waals surface area (Å²) in [6.45, 7) is 24.6. The molecule has 0 spiro atoms. The van der Waals surface area contributed by atoms with Crippen LogP contribution in [0.1, 0.15) is 83.1 Å². The maximum atomic E-state index is 6.34. The van der Waals surface area contributed by atoms with E-state index in [1.54, 1.807) is 0 Å². The fourth-order valence-corrected chi connectivity index (χ4v) is 19.2. The van der Waals surface area contributed by atoms with E-state index in [2.05, 4.69) is 476 Å². The second kappa shape index (κ2) is 35.6. The molecule has 0 unspecified atom stereocenters. The van der Waals surface area contributed by atoms with Gasteiger partial charge in [-0.05, 0) is 334 Å². The Kier molecular flexibility index (Phi) is 24.2. The molecule has 0 aliphatic carbocycles. The van der Waals surface area contributed by atoms with Crippen molar-refractivity contribution in [3.05, 3.63) is 393 Å². The molecule has 0 bridgehead atoms. The Balaban J connectivity index is 0.000000112. The number of hydrogen-bond donors (Lipinski definition) is 0. The highest BCUT2D eigenvalue weighted by atomic mass is 127. The van der Waals surface area contributed by atoms with E-state index in [1.807, 2.05) is 67.5 Å². The van der Waals surface area contributed by atoms with Crippen molar-refractivity contribution in [2.24, 2.45) is 0 Å². The molecule has 0 saturated carbocycles. The van der Waals surface area contributed by atoms with Gasteiger partial charge in [-0.25, -0.2) is 0 Å². The Morgan fingerprint density at radius 2 is 0.508 bits per heavy atom. The fourth-order valence-electron chi connectivity index (χ4n) is 17.9. The van der Waals surface area contributed by atoms with Gasteiger partial charge < -0.3 is 41.6 Å². The van der Waals surface area contributed by atoms with Crippen LogP contribution in [0.2, 0.25) is 0 Å². The van der Waals surface area contributed by atoms with Crippen LogP contribution in [0.25, 0.3) is 159 Å². The molecule has 20 aromatic rings. The minimum atomic E-state index is -0.476. The highest BCUT2D eigenvalue weighted by Crippen LogP contribution is 2.47. The highest BCUT2D eigenvalue weighted by Gasteiger charge is 2.64. The molecule has 6 heterocycles. The Labute approximate surface area is 800 Å². The fraction of sp³-hybridized carbons (Fsp3) is 0.158. The number of rotatable bonds is 9. The number of fused-ring (bicyclic) bond motifs is 15. The van der Waals surface area contributed by atoms with Gasteiger partial charge in [-0.15, -0.1) is 0 Å². The zero-order chi connectivity index (χ0) is 90.2. The first-order valence-electron chi connectivity index (χ1n) is 44.3. The molecule has 16 heteroatoms. The van der Waals surface area contributed by atoms with E-state index in [0.717, 1.165) is 24.4 Å². The highest BCUT2D eigenvalue weighted by molar-refractivity contribution is 14.1. The zero-order valence-corrected chi connectivity index (χ0v) is 81.7. The van der Waals surface area contributed by atoms with Crippen LogP contribution in [0.3, 0.4) is 0 Å². The first-order chi connectivity index (χ1) is 62.5. The summed E-state index contributed by atoms with van der Waals surface area (Å²) >= 11 is 12.8. The molecule has 130 heavy (non-hydrogen) atoms. The number of para-hydroxylation sites is 3. The molecular weight excluding hydrogens is 1910 g/mol. The minimum Gasteiger partial charge on any atom is -0.405 e. The van der Waals surface area contributed by atoms with Crippen LogP contribution in [0.5, 0.6) is 0 Å². The topological polar surface area (TPSA) is 70.2 Å². The smallest absolute Gasteiger partial charge is 0.405 e. The normalized spacial score (nSPS) is 15.7. The first kappa shape index (κ1) is 88.3. The van der Waals surface area contributed by atoms with Gasteiger partial charge in [0.05, 0.1) is 66.7 Å². The molecule has 0 atom stereocenters. The van der Waals surface area contributed by atoms with Crippen molar-refractivity contribution in [2.45, 2.75) is 117 Å². The summed E-state index contributed by atoms with van der Waals surface area (Å²) in [5.41, 5.74) is 19.4. The molecule has 9 nitrogen and oxygen atoms in total. The molecule has 0 amide bonds. The summed E-state index contributed by atoms with van der Waals surface area (Å²) in [7, 11) is -1.33. The predicted molar refractivity (Wildman–Crippen MR) is 567 cm³/mol. The van der Waals surface area contributed by atoms with Crippen molar-refractivity contribution in [1.29, 1.82) is 0 Å². The Bertz CT molecular complexity index is 7550. The lowest BCUT2D eigenvalue weighted by Crippen LogP contribution is -2.41. The molecule has 3 fully saturated rings. The van der Waals surface area contributed by atoms with E-state index >= 15 is 0 Å². The van der Waals surface area contributed by atoms with E-state index in [-0.39, 0.29) is 40.7 Å². The van der Waals surface area contributed by atoms with E-state index in [0.29, 0.717) is 0 Å². The summed E-state index contributed by atoms with van der Waals surface area (Å²) in [6.07, 6.45) is 0. The average Bonchev–Trinajstić information content (AvgIpc) is 1.58. The van der Waals surface area contributed by atoms with Crippen LogP contribution in [-0.2, 0) is 27.9 Å². The molecule has 3 aliphatic rings. The van der Waals surface area contributed by atoms with E-state index in [4.69, 9.17) is 27.9 Å². The maximum Gasteiger partial charge on any atom is 0.494 e. The van der Waals surface area contributed by atoms with Crippen LogP contribution >= 0.6 is 70.4 Å². The molecule has 3 aliphatic heterocycles. The van der Waals surface area contributed by atoms with Crippen LogP contribution in [-0.4, -0.2) is 68.4 Å². The van der Waals surface area contributed by atoms with Gasteiger partial charge in [-0.1, -0.05) is 278 Å². The standard InChI is InChI=1S/C34H30BNO2.C34H22BrN.C28H18BrN.C12H24B2O4.C6H4BrI/c1-33(2)34(3,4)38-35(37-33)26-13-10-12-24(21-26)25-18-19-30-29(22-25)32-28-16-9-8-11-23(28)17-20-31(32)36(30)27-14-6-5-7-15-27;35-28-17-13-23(14-18-28)25-8-6-9-26(21-25)27-16-19-32-31(22-27)34-30-12-5-4-7-24(30)15-20-33(34)36(32)29-10-2-1-3-11-29;29-22-9-6-8-20(17-22)21-14-15-26-25(18-21)28-24-12-5-4-7-19(24)13-16-27(28)30(26)23-10-2-1-3-11-23;1-9(2)10(3,4)16-13(15-9)14-17-11(5,6)12(7,8)18-14;7-5-1-3-6(8)4-2-5/h5-22H,1-4H3;1-22H;1-18H;1-8H3;1-4H. The van der Waals surface area contributed by atoms with E-state index in [1.165, 1.54) is 157 Å². The summed E-state index contributed by atoms with van der Waals surface area (Å²) in [5, 5.41) is 15.3. The third-order valence-electron chi connectivity index (χ3n) is 26.9. The van der Waals surface area contributed by atoms with Gasteiger partial charge in [-0.3, -0.25) is 0 Å². The molecule has 17 aromatic carbocycles. The molecule has 3 aromatic heterocycles. The molecule has 23 rings (SSSR count). The van der Waals surface area contributed by atoms with Gasteiger partial charge in [0.2, 0.25) is 0 Å². The zero-order valence-electron chi connectivity index (χ0n) is 74.8. The number of nitrogens with zero attached hydrogens (tertiary/aromatic N) is 3. The lowest BCUT2D eigenvalue weighted by molar-refractivity contribution is 0.00578. The largest absolute Gasteiger partial charge is 0.494 e. The second-order valence-corrected chi connectivity index (χ2v) is 40.7. The first-order valence-corrected chi connectivity index (χ1v) is 47.8. The Morgan fingerprint density at radius 3 is 0.869 bits per heavy atom. The summed E-state index contributed by atoms with van der Waals surface area (Å²) in [6, 6.07) is 135. The SMILES string of the molecule is Brc1ccc(-c2cccc(-c3ccc4c(c3)c3c5ccccc5ccc3n4-c3ccccc3)c2)cc1.Brc1ccc(I)cc1.Brc1cccc(-c2ccc3c(c2)c2c4ccccc4ccc2n3-c2ccccc2)c1.CC1(C)OB(B2OC(C)(C)C(C)(C)O2)OC1(C)C.CC1(C)OB(c2cccc(-c3ccc4c(c3)c3c5ccccc5ccc3n4-c3ccccc3)c2)OC1(C)C. The van der Waals surface area contributed by atoms with Gasteiger partial charge in [0.1, 0.15) is 0 Å². The summed E-state index contributed by atoms with van der Waals surface area (Å²) in [4.78, 5) is 0. The number of hydrogen-bond acceptors (Lipinski definition) is 6. The predicted octanol–water partition coefficient (Wildman–Crippen LogP) is 31.6. The average molecular weight is 2010 g/mol. The van der Waals surface area contributed by atoms with Crippen molar-refractivity contribution in [3.63, 3.8) is 0 Å². The van der Waals surface area contributed by atoms with Gasteiger partial charge in [0.25, 0.3) is 0 Å². The number of benzene rings is 17. The van der Waals surface area contributed by atoms with Crippen LogP contribution in [0, 0.1) is 3.57 Å². The lowest BCUT2D eigenvalue weighted by atomic mass is 9.49. The molecule has 642 valence electrons. The third-order valence-corrected chi connectivity index (χ3v) is 29.1. The second-order valence-electron chi connectivity index (χ2n) is 36.7. The minimum absolute atomic E-state index is 0.360. The number of aromatic nitrogens is 3. The Morgan fingerprint density at radius 1 is 0.223 bits per heavy atom. The monoisotopic (exact) mass is 2000 g/mol. The third kappa shape index (κ3) is 17.2. The van der Waals surface area contributed by atoms with Gasteiger partial charge in [0, 0.05) is 66.4 Å². The van der Waals surface area contributed by atoms with Gasteiger partial charge in [0.15, 0.2) is 0 Å². The molecule has 3 saturated heterocycles. The van der Waals surface area contributed by atoms with Crippen LogP contribution < -0.4 is 5.46 Å². The Hall–Kier alpha value is -11.0. The van der Waals surface area contributed by atoms with Crippen molar-refractivity contribution < 1.29 is 27.9 Å². The van der Waals surface area contributed by atoms with Gasteiger partial charge >= 0.3 is 21.1 Å². The van der Waals surface area contributed by atoms with Crippen LogP contribution in [0.4, 0.5) is 0 Å². The van der Waals surface area contributed by atoms with E-state index < -0.39 is 14.0 Å². The van der Waals surface area contributed by atoms with Crippen molar-refractivity contribution in [2.75, 3.05) is 0 Å². The molecule has 0 radical (unpaired) electrons. The molecular formula is C114H98B3Br3IN3O6. The van der Waals surface area contributed by atoms with Gasteiger partial charge in [-0.2, -0.15) is 0 Å². The van der Waals surface area contributed by atoms with Crippen molar-refractivity contribution >= 4 is 195 Å². The van der Waals surface area contributed by atoms with Crippen molar-refractivity contribution in [1.82, 2.24) is 13.7 Å². The van der Waals surface area contributed by atoms with Crippen LogP contribution in [0.15, 0.2) is 390 Å². The van der Waals surface area contributed by atoms with Crippen molar-refractivity contribution in [3.8, 4) is 61.6 Å². The maximum absolute atomic E-state index is 6.34. The lowest BCUT2D eigenvalue weighted by Gasteiger charge is -2.32. The van der Waals surface area contributed by atoms with E-state index in [9.17, 15) is 0 Å². The summed E-state index contributed by atoms with van der Waals surface area (Å²) in [5.74, 6) is 0. The number of halogens is 4. The summed E-state index contributed by atoms with van der Waals surface area (Å²) < 4.78 is 48.3.